The molecule has 1 heterocycles. The zero-order valence-electron chi connectivity index (χ0n) is 10.4. The average Bonchev–Trinajstić information content (AvgIpc) is 2.42. The van der Waals surface area contributed by atoms with Crippen LogP contribution < -0.4 is 10.2 Å². The van der Waals surface area contributed by atoms with E-state index in [0.717, 1.165) is 0 Å². The summed E-state index contributed by atoms with van der Waals surface area (Å²) in [5.74, 6) is -1.02. The van der Waals surface area contributed by atoms with Gasteiger partial charge in [0.15, 0.2) is 0 Å². The van der Waals surface area contributed by atoms with Gasteiger partial charge in [0.25, 0.3) is 0 Å². The van der Waals surface area contributed by atoms with E-state index in [1.165, 1.54) is 6.07 Å². The third kappa shape index (κ3) is 3.20. The number of ether oxygens (including phenoxy) is 1. The van der Waals surface area contributed by atoms with Gasteiger partial charge in [0.1, 0.15) is 17.9 Å². The zero-order valence-corrected chi connectivity index (χ0v) is 10.4. The lowest BCUT2D eigenvalue weighted by molar-refractivity contribution is -0.115. The number of benzene rings is 1. The van der Waals surface area contributed by atoms with Crippen molar-refractivity contribution < 1.29 is 13.9 Å². The first-order valence-corrected chi connectivity index (χ1v) is 6.00. The molecule has 0 bridgehead atoms. The number of carbonyl (C=O) groups excluding carboxylic acids is 1. The van der Waals surface area contributed by atoms with Crippen molar-refractivity contribution in [1.82, 2.24) is 0 Å². The maximum atomic E-state index is 13.9. The van der Waals surface area contributed by atoms with Gasteiger partial charge < -0.3 is 15.0 Å². The van der Waals surface area contributed by atoms with E-state index in [1.807, 2.05) is 4.90 Å². The van der Waals surface area contributed by atoms with Crippen LogP contribution in [0, 0.1) is 17.1 Å². The molecule has 0 aliphatic carbocycles. The Balaban J connectivity index is 2.25. The molecule has 1 fully saturated rings. The van der Waals surface area contributed by atoms with Gasteiger partial charge in [-0.3, -0.25) is 4.79 Å². The summed E-state index contributed by atoms with van der Waals surface area (Å²) in [6.45, 7) is 2.43. The molecule has 0 aromatic heterocycles. The lowest BCUT2D eigenvalue weighted by Gasteiger charge is -2.30. The Bertz CT molecular complexity index is 507. The molecule has 1 saturated heterocycles. The number of halogens is 1. The minimum absolute atomic E-state index is 0.129. The van der Waals surface area contributed by atoms with E-state index in [2.05, 4.69) is 5.32 Å². The van der Waals surface area contributed by atoms with Gasteiger partial charge in [0, 0.05) is 13.1 Å². The Labute approximate surface area is 110 Å². The summed E-state index contributed by atoms with van der Waals surface area (Å²) < 4.78 is 19.1. The fourth-order valence-corrected chi connectivity index (χ4v) is 1.96. The number of hydrogen-bond donors (Lipinski definition) is 1. The minimum atomic E-state index is -0.512. The molecule has 6 heteroatoms. The average molecular weight is 263 g/mol. The summed E-state index contributed by atoms with van der Waals surface area (Å²) in [5, 5.41) is 10.9. The molecule has 0 spiro atoms. The number of nitrogens with zero attached hydrogens (tertiary/aromatic N) is 2. The quantitative estimate of drug-likeness (QED) is 0.897. The molecule has 19 heavy (non-hydrogen) atoms. The van der Waals surface area contributed by atoms with Crippen molar-refractivity contribution in [1.29, 1.82) is 5.26 Å². The number of nitrogens with one attached hydrogen (secondary N) is 1. The van der Waals surface area contributed by atoms with Crippen LogP contribution >= 0.6 is 0 Å². The SMILES string of the molecule is N#CCC(=O)Nc1c(F)cccc1N1CCOCC1. The second-order valence-corrected chi connectivity index (χ2v) is 4.12. The van der Waals surface area contributed by atoms with Gasteiger partial charge >= 0.3 is 0 Å². The van der Waals surface area contributed by atoms with Gasteiger partial charge in [-0.25, -0.2) is 4.39 Å². The Morgan fingerprint density at radius 3 is 2.89 bits per heavy atom. The van der Waals surface area contributed by atoms with Crippen LogP contribution in [0.25, 0.3) is 0 Å². The maximum absolute atomic E-state index is 13.9. The van der Waals surface area contributed by atoms with Crippen molar-refractivity contribution in [3.8, 4) is 6.07 Å². The van der Waals surface area contributed by atoms with Crippen LogP contribution in [0.2, 0.25) is 0 Å². The standard InChI is InChI=1S/C13H14FN3O2/c14-10-2-1-3-11(17-6-8-19-9-7-17)13(10)16-12(18)4-5-15/h1-3H,4,6-9H2,(H,16,18). The zero-order chi connectivity index (χ0) is 13.7. The summed E-state index contributed by atoms with van der Waals surface area (Å²) in [5.41, 5.74) is 0.749. The molecule has 5 nitrogen and oxygen atoms in total. The predicted octanol–water partition coefficient (Wildman–Crippen LogP) is 1.51. The summed E-state index contributed by atoms with van der Waals surface area (Å²) in [6, 6.07) is 6.37. The molecule has 1 aromatic carbocycles. The van der Waals surface area contributed by atoms with Crippen molar-refractivity contribution in [2.45, 2.75) is 6.42 Å². The van der Waals surface area contributed by atoms with Crippen LogP contribution in [0.1, 0.15) is 6.42 Å². The summed E-state index contributed by atoms with van der Waals surface area (Å²) in [7, 11) is 0. The number of amides is 1. The Hall–Kier alpha value is -2.13. The number of carbonyl (C=O) groups is 1. The van der Waals surface area contributed by atoms with Gasteiger partial charge in [-0.1, -0.05) is 6.07 Å². The number of para-hydroxylation sites is 1. The van der Waals surface area contributed by atoms with Crippen molar-refractivity contribution in [2.24, 2.45) is 0 Å². The highest BCUT2D eigenvalue weighted by molar-refractivity contribution is 5.95. The molecule has 0 saturated carbocycles. The molecule has 2 rings (SSSR count). The third-order valence-corrected chi connectivity index (χ3v) is 2.85. The molecule has 1 aromatic rings. The fraction of sp³-hybridized carbons (Fsp3) is 0.385. The smallest absolute Gasteiger partial charge is 0.238 e. The molecule has 1 aliphatic rings. The van der Waals surface area contributed by atoms with Crippen molar-refractivity contribution in [3.63, 3.8) is 0 Å². The number of hydrogen-bond acceptors (Lipinski definition) is 4. The molecule has 0 unspecified atom stereocenters. The van der Waals surface area contributed by atoms with Crippen LogP contribution in [-0.2, 0) is 9.53 Å². The van der Waals surface area contributed by atoms with Gasteiger partial charge in [0.2, 0.25) is 5.91 Å². The monoisotopic (exact) mass is 263 g/mol. The number of rotatable bonds is 3. The first kappa shape index (κ1) is 13.3. The normalized spacial score (nSPS) is 14.8. The second kappa shape index (κ2) is 6.16. The minimum Gasteiger partial charge on any atom is -0.378 e. The van der Waals surface area contributed by atoms with E-state index in [-0.39, 0.29) is 12.1 Å². The highest BCUT2D eigenvalue weighted by atomic mass is 19.1. The largest absolute Gasteiger partial charge is 0.378 e. The first-order valence-electron chi connectivity index (χ1n) is 6.00. The molecule has 1 N–H and O–H groups in total. The molecule has 0 radical (unpaired) electrons. The Morgan fingerprint density at radius 1 is 1.47 bits per heavy atom. The Morgan fingerprint density at radius 2 is 2.21 bits per heavy atom. The summed E-state index contributed by atoms with van der Waals surface area (Å²) in [6.07, 6.45) is -0.295. The van der Waals surface area contributed by atoms with Crippen LogP contribution in [-0.4, -0.2) is 32.2 Å². The maximum Gasteiger partial charge on any atom is 0.238 e. The van der Waals surface area contributed by atoms with E-state index < -0.39 is 11.7 Å². The lowest BCUT2D eigenvalue weighted by Crippen LogP contribution is -2.37. The molecule has 0 atom stereocenters. The van der Waals surface area contributed by atoms with Crippen LogP contribution in [0.5, 0.6) is 0 Å². The highest BCUT2D eigenvalue weighted by Gasteiger charge is 2.18. The molecule has 100 valence electrons. The van der Waals surface area contributed by atoms with Crippen molar-refractivity contribution in [3.05, 3.63) is 24.0 Å². The number of morpholine rings is 1. The summed E-state index contributed by atoms with van der Waals surface area (Å²) >= 11 is 0. The van der Waals surface area contributed by atoms with E-state index >= 15 is 0 Å². The lowest BCUT2D eigenvalue weighted by atomic mass is 10.2. The molecular formula is C13H14FN3O2. The fourth-order valence-electron chi connectivity index (χ4n) is 1.96. The van der Waals surface area contributed by atoms with E-state index in [1.54, 1.807) is 18.2 Å². The number of anilines is 2. The van der Waals surface area contributed by atoms with Gasteiger partial charge in [-0.2, -0.15) is 5.26 Å². The van der Waals surface area contributed by atoms with E-state index in [0.29, 0.717) is 32.0 Å². The van der Waals surface area contributed by atoms with E-state index in [9.17, 15) is 9.18 Å². The van der Waals surface area contributed by atoms with Crippen LogP contribution in [0.3, 0.4) is 0 Å². The second-order valence-electron chi connectivity index (χ2n) is 4.12. The van der Waals surface area contributed by atoms with Gasteiger partial charge in [-0.15, -0.1) is 0 Å². The Kier molecular flexibility index (Phi) is 4.31. The highest BCUT2D eigenvalue weighted by Crippen LogP contribution is 2.29. The van der Waals surface area contributed by atoms with Crippen molar-refractivity contribution in [2.75, 3.05) is 36.5 Å². The first-order chi connectivity index (χ1) is 9.22. The third-order valence-electron chi connectivity index (χ3n) is 2.85. The molecule has 1 amide bonds. The molecule has 1 aliphatic heterocycles. The van der Waals surface area contributed by atoms with Crippen molar-refractivity contribution >= 4 is 17.3 Å². The predicted molar refractivity (Wildman–Crippen MR) is 68.3 cm³/mol. The van der Waals surface area contributed by atoms with E-state index in [4.69, 9.17) is 10.00 Å². The topological polar surface area (TPSA) is 65.4 Å². The molecular weight excluding hydrogens is 249 g/mol. The van der Waals surface area contributed by atoms with Gasteiger partial charge in [0.05, 0.1) is 25.0 Å². The number of nitriles is 1. The van der Waals surface area contributed by atoms with Gasteiger partial charge in [-0.05, 0) is 12.1 Å². The summed E-state index contributed by atoms with van der Waals surface area (Å²) in [4.78, 5) is 13.4. The van der Waals surface area contributed by atoms with Crippen LogP contribution in [0.4, 0.5) is 15.8 Å². The van der Waals surface area contributed by atoms with Crippen LogP contribution in [0.15, 0.2) is 18.2 Å².